The minimum Gasteiger partial charge on any atom is -0.490 e. The fourth-order valence-corrected chi connectivity index (χ4v) is 2.42. The average Bonchev–Trinajstić information content (AvgIpc) is 3.20. The van der Waals surface area contributed by atoms with E-state index in [2.05, 4.69) is 0 Å². The number of nitrogens with zero attached hydrogens (tertiary/aromatic N) is 1. The van der Waals surface area contributed by atoms with Crippen LogP contribution in [0.1, 0.15) is 18.9 Å². The molecule has 7 heteroatoms. The first-order valence-electron chi connectivity index (χ1n) is 7.42. The maximum Gasteiger partial charge on any atom is 0.419 e. The number of para-hydroxylation sites is 1. The molecule has 0 radical (unpaired) electrons. The summed E-state index contributed by atoms with van der Waals surface area (Å²) in [7, 11) is 1.57. The minimum absolute atomic E-state index is 0.000858. The van der Waals surface area contributed by atoms with Gasteiger partial charge in [-0.2, -0.15) is 13.2 Å². The molecule has 3 unspecified atom stereocenters. The van der Waals surface area contributed by atoms with Crippen LogP contribution in [-0.2, 0) is 11.0 Å². The first-order chi connectivity index (χ1) is 10.7. The summed E-state index contributed by atoms with van der Waals surface area (Å²) in [5.74, 6) is -0.0211. The van der Waals surface area contributed by atoms with Crippen molar-refractivity contribution in [2.75, 3.05) is 20.2 Å². The normalized spacial score (nSPS) is 21.7. The van der Waals surface area contributed by atoms with Crippen LogP contribution in [-0.4, -0.2) is 42.2 Å². The van der Waals surface area contributed by atoms with Crippen molar-refractivity contribution in [3.8, 4) is 5.75 Å². The van der Waals surface area contributed by atoms with Crippen LogP contribution in [0.3, 0.4) is 0 Å². The van der Waals surface area contributed by atoms with Gasteiger partial charge in [-0.1, -0.05) is 19.1 Å². The number of hydrogen-bond acceptors (Lipinski definition) is 3. The summed E-state index contributed by atoms with van der Waals surface area (Å²) in [6.45, 7) is 1.69. The Morgan fingerprint density at radius 1 is 1.43 bits per heavy atom. The predicted octanol–water partition coefficient (Wildman–Crippen LogP) is 2.56. The molecule has 1 aromatic carbocycles. The maximum absolute atomic E-state index is 12.8. The number of alkyl halides is 3. The van der Waals surface area contributed by atoms with Gasteiger partial charge in [-0.25, -0.2) is 0 Å². The van der Waals surface area contributed by atoms with E-state index in [0.29, 0.717) is 5.92 Å². The van der Waals surface area contributed by atoms with E-state index in [1.54, 1.807) is 7.05 Å². The minimum atomic E-state index is -4.52. The number of carbonyl (C=O) groups is 1. The number of carbonyl (C=O) groups excluding carboxylic acids is 1. The molecule has 4 nitrogen and oxygen atoms in total. The van der Waals surface area contributed by atoms with E-state index >= 15 is 0 Å². The smallest absolute Gasteiger partial charge is 0.419 e. The van der Waals surface area contributed by atoms with Gasteiger partial charge in [-0.05, 0) is 24.5 Å². The highest BCUT2D eigenvalue weighted by Crippen LogP contribution is 2.39. The molecule has 128 valence electrons. The number of aliphatic hydroxyl groups excluding tert-OH is 1. The zero-order valence-corrected chi connectivity index (χ0v) is 13.0. The van der Waals surface area contributed by atoms with Gasteiger partial charge in [0, 0.05) is 19.5 Å². The van der Waals surface area contributed by atoms with E-state index in [1.807, 2.05) is 6.92 Å². The Morgan fingerprint density at radius 3 is 2.61 bits per heavy atom. The van der Waals surface area contributed by atoms with Gasteiger partial charge in [0.05, 0.1) is 5.56 Å². The van der Waals surface area contributed by atoms with Crippen molar-refractivity contribution in [1.29, 1.82) is 0 Å². The van der Waals surface area contributed by atoms with Gasteiger partial charge in [0.15, 0.2) is 0 Å². The second-order valence-corrected chi connectivity index (χ2v) is 6.00. The molecule has 1 aliphatic carbocycles. The van der Waals surface area contributed by atoms with Gasteiger partial charge >= 0.3 is 6.18 Å². The SMILES string of the molecule is CC1CC1C(=O)N(C)CC(O)COc1ccccc1C(F)(F)F. The van der Waals surface area contributed by atoms with Crippen LogP contribution in [0.25, 0.3) is 0 Å². The third-order valence-electron chi connectivity index (χ3n) is 3.91. The molecule has 1 aliphatic rings. The Bertz CT molecular complexity index is 562. The van der Waals surface area contributed by atoms with Crippen LogP contribution >= 0.6 is 0 Å². The van der Waals surface area contributed by atoms with Gasteiger partial charge < -0.3 is 14.7 Å². The maximum atomic E-state index is 12.8. The highest BCUT2D eigenvalue weighted by Gasteiger charge is 2.41. The molecule has 1 saturated carbocycles. The van der Waals surface area contributed by atoms with Crippen LogP contribution < -0.4 is 4.74 Å². The summed E-state index contributed by atoms with van der Waals surface area (Å²) < 4.78 is 43.6. The average molecular weight is 331 g/mol. The van der Waals surface area contributed by atoms with Gasteiger partial charge in [0.2, 0.25) is 5.91 Å². The molecule has 3 atom stereocenters. The molecular weight excluding hydrogens is 311 g/mol. The quantitative estimate of drug-likeness (QED) is 0.872. The first kappa shape index (κ1) is 17.6. The highest BCUT2D eigenvalue weighted by atomic mass is 19.4. The number of aliphatic hydroxyl groups is 1. The van der Waals surface area contributed by atoms with Crippen LogP contribution in [0.4, 0.5) is 13.2 Å². The molecule has 1 N–H and O–H groups in total. The molecule has 1 fully saturated rings. The lowest BCUT2D eigenvalue weighted by Gasteiger charge is -2.22. The van der Waals surface area contributed by atoms with Crippen LogP contribution in [0.15, 0.2) is 24.3 Å². The van der Waals surface area contributed by atoms with Crippen molar-refractivity contribution in [3.05, 3.63) is 29.8 Å². The third-order valence-corrected chi connectivity index (χ3v) is 3.91. The Morgan fingerprint density at radius 2 is 2.04 bits per heavy atom. The summed E-state index contributed by atoms with van der Waals surface area (Å²) >= 11 is 0. The summed E-state index contributed by atoms with van der Waals surface area (Å²) in [6, 6.07) is 4.83. The molecule has 0 aromatic heterocycles. The molecule has 0 saturated heterocycles. The number of amides is 1. The predicted molar refractivity (Wildman–Crippen MR) is 77.9 cm³/mol. The van der Waals surface area contributed by atoms with E-state index in [-0.39, 0.29) is 30.7 Å². The van der Waals surface area contributed by atoms with Gasteiger partial charge in [-0.15, -0.1) is 0 Å². The third kappa shape index (κ3) is 4.60. The lowest BCUT2D eigenvalue weighted by Crippen LogP contribution is -2.38. The van der Waals surface area contributed by atoms with Crippen LogP contribution in [0, 0.1) is 11.8 Å². The van der Waals surface area contributed by atoms with E-state index in [9.17, 15) is 23.1 Å². The number of ether oxygens (including phenoxy) is 1. The topological polar surface area (TPSA) is 49.8 Å². The summed E-state index contributed by atoms with van der Waals surface area (Å²) in [6.07, 6.45) is -4.73. The van der Waals surface area contributed by atoms with Gasteiger partial charge in [0.1, 0.15) is 18.5 Å². The second-order valence-electron chi connectivity index (χ2n) is 6.00. The molecule has 0 heterocycles. The monoisotopic (exact) mass is 331 g/mol. The van der Waals surface area contributed by atoms with E-state index in [1.165, 1.54) is 23.1 Å². The highest BCUT2D eigenvalue weighted by molar-refractivity contribution is 5.81. The van der Waals surface area contributed by atoms with Crippen molar-refractivity contribution in [3.63, 3.8) is 0 Å². The van der Waals surface area contributed by atoms with Crippen molar-refractivity contribution in [1.82, 2.24) is 4.90 Å². The van der Waals surface area contributed by atoms with E-state index in [0.717, 1.165) is 12.5 Å². The Labute approximate surface area is 132 Å². The van der Waals surface area contributed by atoms with Crippen molar-refractivity contribution >= 4 is 5.91 Å². The van der Waals surface area contributed by atoms with Crippen molar-refractivity contribution < 1.29 is 27.8 Å². The molecule has 2 rings (SSSR count). The molecule has 0 bridgehead atoms. The standard InChI is InChI=1S/C16H20F3NO3/c1-10-7-12(10)15(22)20(2)8-11(21)9-23-14-6-4-3-5-13(14)16(17,18)19/h3-6,10-12,21H,7-9H2,1-2H3. The number of likely N-dealkylation sites (N-methyl/N-ethyl adjacent to an activating group) is 1. The lowest BCUT2D eigenvalue weighted by atomic mass is 10.2. The van der Waals surface area contributed by atoms with Crippen LogP contribution in [0.2, 0.25) is 0 Å². The van der Waals surface area contributed by atoms with Gasteiger partial charge in [-0.3, -0.25) is 4.79 Å². The molecule has 0 spiro atoms. The molecule has 23 heavy (non-hydrogen) atoms. The molecule has 1 amide bonds. The summed E-state index contributed by atoms with van der Waals surface area (Å²) in [4.78, 5) is 13.3. The molecular formula is C16H20F3NO3. The van der Waals surface area contributed by atoms with Crippen molar-refractivity contribution in [2.24, 2.45) is 11.8 Å². The fourth-order valence-electron chi connectivity index (χ4n) is 2.42. The zero-order chi connectivity index (χ0) is 17.2. The van der Waals surface area contributed by atoms with Crippen LogP contribution in [0.5, 0.6) is 5.75 Å². The van der Waals surface area contributed by atoms with Crippen molar-refractivity contribution in [2.45, 2.75) is 25.6 Å². The fraction of sp³-hybridized carbons (Fsp3) is 0.562. The molecule has 0 aliphatic heterocycles. The Balaban J connectivity index is 1.87. The Hall–Kier alpha value is -1.76. The lowest BCUT2D eigenvalue weighted by molar-refractivity contribution is -0.139. The summed E-state index contributed by atoms with van der Waals surface area (Å²) in [5.41, 5.74) is -0.886. The number of halogens is 3. The first-order valence-corrected chi connectivity index (χ1v) is 7.42. The number of benzene rings is 1. The molecule has 1 aromatic rings. The second kappa shape index (κ2) is 6.78. The summed E-state index contributed by atoms with van der Waals surface area (Å²) in [5, 5.41) is 9.89. The number of rotatable bonds is 6. The Kier molecular flexibility index (Phi) is 5.19. The van der Waals surface area contributed by atoms with Gasteiger partial charge in [0.25, 0.3) is 0 Å². The number of hydrogen-bond donors (Lipinski definition) is 1. The zero-order valence-electron chi connectivity index (χ0n) is 13.0. The van der Waals surface area contributed by atoms with E-state index < -0.39 is 17.8 Å². The largest absolute Gasteiger partial charge is 0.490 e. The van der Waals surface area contributed by atoms with E-state index in [4.69, 9.17) is 4.74 Å².